The maximum Gasteiger partial charge on any atom is 0.240 e. The van der Waals surface area contributed by atoms with Crippen LogP contribution in [0.4, 0.5) is 0 Å². The van der Waals surface area contributed by atoms with E-state index in [1.807, 2.05) is 6.92 Å². The number of aromatic hydroxyl groups is 2. The van der Waals surface area contributed by atoms with E-state index in [2.05, 4.69) is 4.72 Å². The van der Waals surface area contributed by atoms with Gasteiger partial charge in [0.1, 0.15) is 11.5 Å². The normalized spacial score (nSPS) is 19.8. The van der Waals surface area contributed by atoms with Crippen LogP contribution in [-0.4, -0.2) is 31.5 Å². The highest BCUT2D eigenvalue weighted by molar-refractivity contribution is 7.89. The quantitative estimate of drug-likeness (QED) is 0.713. The number of sulfonamides is 1. The molecule has 26 heavy (non-hydrogen) atoms. The molecule has 0 bridgehead atoms. The number of fused-ring (bicyclic) bond motifs is 1. The van der Waals surface area contributed by atoms with E-state index in [9.17, 15) is 23.4 Å². The van der Waals surface area contributed by atoms with Crippen LogP contribution >= 0.6 is 0 Å². The summed E-state index contributed by atoms with van der Waals surface area (Å²) < 4.78 is 26.4. The summed E-state index contributed by atoms with van der Waals surface area (Å²) >= 11 is 0. The molecular formula is C19H21NO5S. The molecule has 0 heterocycles. The van der Waals surface area contributed by atoms with E-state index in [4.69, 9.17) is 0 Å². The first-order chi connectivity index (χ1) is 12.2. The molecule has 0 aliphatic heterocycles. The maximum atomic E-state index is 13.1. The zero-order valence-corrected chi connectivity index (χ0v) is 15.4. The highest BCUT2D eigenvalue weighted by atomic mass is 32.2. The molecule has 0 spiro atoms. The molecule has 0 amide bonds. The highest BCUT2D eigenvalue weighted by Crippen LogP contribution is 2.40. The van der Waals surface area contributed by atoms with E-state index >= 15 is 0 Å². The van der Waals surface area contributed by atoms with Crippen molar-refractivity contribution in [1.29, 1.82) is 0 Å². The number of Topliss-reactive ketones (excluding diaryl/α,β-unsaturated/α-hetero) is 1. The minimum Gasteiger partial charge on any atom is -0.508 e. The van der Waals surface area contributed by atoms with E-state index in [0.717, 1.165) is 23.6 Å². The number of ketones is 1. The zero-order chi connectivity index (χ0) is 19.1. The van der Waals surface area contributed by atoms with Gasteiger partial charge < -0.3 is 10.2 Å². The number of hydrogen-bond acceptors (Lipinski definition) is 5. The van der Waals surface area contributed by atoms with Gasteiger partial charge in [-0.2, -0.15) is 0 Å². The number of phenols is 2. The molecule has 2 atom stereocenters. The average molecular weight is 375 g/mol. The molecule has 2 aromatic rings. The summed E-state index contributed by atoms with van der Waals surface area (Å²) in [6, 6.07) is 8.72. The number of rotatable bonds is 4. The third-order valence-corrected chi connectivity index (χ3v) is 6.41. The largest absolute Gasteiger partial charge is 0.508 e. The van der Waals surface area contributed by atoms with Gasteiger partial charge in [0.15, 0.2) is 5.78 Å². The van der Waals surface area contributed by atoms with Crippen molar-refractivity contribution in [2.75, 3.05) is 7.05 Å². The van der Waals surface area contributed by atoms with Gasteiger partial charge in [0.2, 0.25) is 10.0 Å². The summed E-state index contributed by atoms with van der Waals surface area (Å²) in [5.74, 6) is -1.03. The van der Waals surface area contributed by atoms with Crippen LogP contribution in [0, 0.1) is 5.92 Å². The monoisotopic (exact) mass is 375 g/mol. The Bertz CT molecular complexity index is 968. The third-order valence-electron chi connectivity index (χ3n) is 5.00. The molecular weight excluding hydrogens is 354 g/mol. The first-order valence-electron chi connectivity index (χ1n) is 8.37. The van der Waals surface area contributed by atoms with Crippen molar-refractivity contribution in [2.45, 2.75) is 30.6 Å². The fraction of sp³-hybridized carbons (Fsp3) is 0.316. The summed E-state index contributed by atoms with van der Waals surface area (Å²) in [5.41, 5.74) is 1.77. The summed E-state index contributed by atoms with van der Waals surface area (Å²) in [7, 11) is -2.19. The lowest BCUT2D eigenvalue weighted by Gasteiger charge is -2.31. The Morgan fingerprint density at radius 1 is 1.15 bits per heavy atom. The fourth-order valence-electron chi connectivity index (χ4n) is 3.54. The molecule has 138 valence electrons. The maximum absolute atomic E-state index is 13.1. The Balaban J connectivity index is 2.06. The lowest BCUT2D eigenvalue weighted by Crippen LogP contribution is -2.26. The summed E-state index contributed by atoms with van der Waals surface area (Å²) in [6.07, 6.45) is 1.43. The number of hydrogen-bond donors (Lipinski definition) is 3. The third kappa shape index (κ3) is 3.20. The van der Waals surface area contributed by atoms with Gasteiger partial charge >= 0.3 is 0 Å². The number of carbonyl (C=O) groups excluding carboxylic acids is 1. The minimum atomic E-state index is -3.55. The summed E-state index contributed by atoms with van der Waals surface area (Å²) in [5, 5.41) is 19.5. The SMILES string of the molecule is CNS(=O)(=O)c1ccc2c(c1)CCC(C)C2C(=O)c1ccc(O)cc1O. The van der Waals surface area contributed by atoms with Crippen LogP contribution in [0.2, 0.25) is 0 Å². The zero-order valence-electron chi connectivity index (χ0n) is 14.6. The molecule has 3 rings (SSSR count). The minimum absolute atomic E-state index is 0.0509. The van der Waals surface area contributed by atoms with Crippen molar-refractivity contribution in [3.8, 4) is 11.5 Å². The molecule has 1 aliphatic carbocycles. The molecule has 0 radical (unpaired) electrons. The van der Waals surface area contributed by atoms with Crippen LogP contribution in [0.5, 0.6) is 11.5 Å². The lowest BCUT2D eigenvalue weighted by atomic mass is 9.72. The Labute approximate surface area is 152 Å². The van der Waals surface area contributed by atoms with E-state index in [1.54, 1.807) is 12.1 Å². The van der Waals surface area contributed by atoms with Gasteiger partial charge in [-0.25, -0.2) is 13.1 Å². The van der Waals surface area contributed by atoms with Crippen molar-refractivity contribution in [1.82, 2.24) is 4.72 Å². The standard InChI is InChI=1S/C19H21NO5S/c1-11-3-4-12-9-14(26(24,25)20-2)6-8-15(12)18(11)19(23)16-7-5-13(21)10-17(16)22/h5-11,18,20-22H,3-4H2,1-2H3. The average Bonchev–Trinajstić information content (AvgIpc) is 2.60. The van der Waals surface area contributed by atoms with Crippen molar-refractivity contribution >= 4 is 15.8 Å². The second-order valence-electron chi connectivity index (χ2n) is 6.63. The van der Waals surface area contributed by atoms with E-state index in [1.165, 1.54) is 25.2 Å². The highest BCUT2D eigenvalue weighted by Gasteiger charge is 2.34. The smallest absolute Gasteiger partial charge is 0.240 e. The molecule has 0 saturated heterocycles. The van der Waals surface area contributed by atoms with Crippen LogP contribution in [0.15, 0.2) is 41.3 Å². The molecule has 0 aromatic heterocycles. The van der Waals surface area contributed by atoms with Gasteiger partial charge in [0.25, 0.3) is 0 Å². The van der Waals surface area contributed by atoms with Gasteiger partial charge in [-0.15, -0.1) is 0 Å². The molecule has 0 fully saturated rings. The van der Waals surface area contributed by atoms with Crippen LogP contribution in [0.1, 0.15) is 40.7 Å². The van der Waals surface area contributed by atoms with Crippen molar-refractivity contribution in [3.05, 3.63) is 53.1 Å². The Morgan fingerprint density at radius 2 is 1.88 bits per heavy atom. The van der Waals surface area contributed by atoms with Crippen molar-refractivity contribution < 1.29 is 23.4 Å². The van der Waals surface area contributed by atoms with Crippen LogP contribution < -0.4 is 4.72 Å². The van der Waals surface area contributed by atoms with Crippen LogP contribution in [-0.2, 0) is 16.4 Å². The van der Waals surface area contributed by atoms with Gasteiger partial charge in [-0.1, -0.05) is 13.0 Å². The first kappa shape index (κ1) is 18.4. The molecule has 2 aromatic carbocycles. The summed E-state index contributed by atoms with van der Waals surface area (Å²) in [6.45, 7) is 1.97. The van der Waals surface area contributed by atoms with Crippen LogP contribution in [0.3, 0.4) is 0 Å². The molecule has 2 unspecified atom stereocenters. The predicted molar refractivity (Wildman–Crippen MR) is 97.0 cm³/mol. The lowest BCUT2D eigenvalue weighted by molar-refractivity contribution is 0.0922. The Morgan fingerprint density at radius 3 is 2.54 bits per heavy atom. The van der Waals surface area contributed by atoms with Gasteiger partial charge in [0.05, 0.1) is 16.4 Å². The number of carbonyl (C=O) groups is 1. The second kappa shape index (κ2) is 6.74. The number of phenolic OH excluding ortho intramolecular Hbond substituents is 2. The number of nitrogens with one attached hydrogen (secondary N) is 1. The Hall–Kier alpha value is -2.38. The molecule has 6 nitrogen and oxygen atoms in total. The number of aryl methyl sites for hydroxylation is 1. The van der Waals surface area contributed by atoms with Crippen molar-refractivity contribution in [2.24, 2.45) is 5.92 Å². The second-order valence-corrected chi connectivity index (χ2v) is 8.51. The summed E-state index contributed by atoms with van der Waals surface area (Å²) in [4.78, 5) is 13.2. The fourth-order valence-corrected chi connectivity index (χ4v) is 4.32. The van der Waals surface area contributed by atoms with Gasteiger partial charge in [0, 0.05) is 6.07 Å². The van der Waals surface area contributed by atoms with Gasteiger partial charge in [-0.05, 0) is 61.2 Å². The molecule has 3 N–H and O–H groups in total. The molecule has 1 aliphatic rings. The van der Waals surface area contributed by atoms with E-state index in [-0.39, 0.29) is 33.7 Å². The van der Waals surface area contributed by atoms with E-state index in [0.29, 0.717) is 6.42 Å². The molecule has 7 heteroatoms. The number of benzene rings is 2. The predicted octanol–water partition coefficient (Wildman–Crippen LogP) is 2.55. The van der Waals surface area contributed by atoms with E-state index < -0.39 is 15.9 Å². The van der Waals surface area contributed by atoms with Crippen LogP contribution in [0.25, 0.3) is 0 Å². The van der Waals surface area contributed by atoms with Crippen molar-refractivity contribution in [3.63, 3.8) is 0 Å². The first-order valence-corrected chi connectivity index (χ1v) is 9.85. The Kier molecular flexibility index (Phi) is 4.77. The molecule has 0 saturated carbocycles. The van der Waals surface area contributed by atoms with Gasteiger partial charge in [-0.3, -0.25) is 4.79 Å². The topological polar surface area (TPSA) is 104 Å².